The molecule has 5 nitrogen and oxygen atoms in total. The zero-order valence-electron chi connectivity index (χ0n) is 15.4. The summed E-state index contributed by atoms with van der Waals surface area (Å²) in [6.45, 7) is 0.139. The van der Waals surface area contributed by atoms with Crippen molar-refractivity contribution in [3.05, 3.63) is 88.9 Å². The molecule has 0 radical (unpaired) electrons. The van der Waals surface area contributed by atoms with Crippen molar-refractivity contribution in [2.75, 3.05) is 29.1 Å². The van der Waals surface area contributed by atoms with Crippen molar-refractivity contribution in [2.24, 2.45) is 0 Å². The zero-order valence-corrected chi connectivity index (χ0v) is 16.9. The average molecular weight is 438 g/mol. The molecule has 0 spiro atoms. The minimum absolute atomic E-state index is 0.111. The van der Waals surface area contributed by atoms with Crippen LogP contribution in [0.5, 0.6) is 0 Å². The van der Waals surface area contributed by atoms with E-state index >= 15 is 0 Å². The first kappa shape index (κ1) is 19.6. The van der Waals surface area contributed by atoms with E-state index in [9.17, 15) is 9.59 Å². The summed E-state index contributed by atoms with van der Waals surface area (Å²) in [6.07, 6.45) is 0. The summed E-state index contributed by atoms with van der Waals surface area (Å²) < 4.78 is 0.896. The lowest BCUT2D eigenvalue weighted by Crippen LogP contribution is -2.26. The number of amides is 2. The van der Waals surface area contributed by atoms with Crippen LogP contribution < -0.4 is 15.5 Å². The van der Waals surface area contributed by atoms with Gasteiger partial charge in [0.15, 0.2) is 0 Å². The average Bonchev–Trinajstić information content (AvgIpc) is 2.73. The Morgan fingerprint density at radius 2 is 1.54 bits per heavy atom. The molecule has 0 saturated carbocycles. The lowest BCUT2D eigenvalue weighted by atomic mass is 10.1. The topological polar surface area (TPSA) is 61.4 Å². The molecule has 142 valence electrons. The largest absolute Gasteiger partial charge is 0.375 e. The van der Waals surface area contributed by atoms with Gasteiger partial charge in [0, 0.05) is 34.1 Å². The van der Waals surface area contributed by atoms with Crippen molar-refractivity contribution in [1.82, 2.24) is 0 Å². The van der Waals surface area contributed by atoms with Gasteiger partial charge in [-0.2, -0.15) is 0 Å². The third kappa shape index (κ3) is 4.98. The molecule has 0 aliphatic carbocycles. The van der Waals surface area contributed by atoms with Crippen molar-refractivity contribution in [3.63, 3.8) is 0 Å². The van der Waals surface area contributed by atoms with E-state index in [4.69, 9.17) is 0 Å². The van der Waals surface area contributed by atoms with E-state index in [1.807, 2.05) is 54.6 Å². The van der Waals surface area contributed by atoms with E-state index in [0.717, 1.165) is 15.8 Å². The summed E-state index contributed by atoms with van der Waals surface area (Å²) in [5, 5.41) is 5.89. The van der Waals surface area contributed by atoms with Crippen LogP contribution in [0.4, 0.5) is 17.1 Å². The Bertz CT molecular complexity index is 959. The molecule has 0 atom stereocenters. The number of halogens is 1. The summed E-state index contributed by atoms with van der Waals surface area (Å²) in [6, 6.07) is 23.9. The van der Waals surface area contributed by atoms with Crippen molar-refractivity contribution in [3.8, 4) is 0 Å². The molecular formula is C22H20BrN3O2. The summed E-state index contributed by atoms with van der Waals surface area (Å²) in [5.41, 5.74) is 2.86. The van der Waals surface area contributed by atoms with Crippen LogP contribution in [0.2, 0.25) is 0 Å². The third-order valence-electron chi connectivity index (χ3n) is 4.18. The summed E-state index contributed by atoms with van der Waals surface area (Å²) in [5.74, 6) is -0.282. The number of nitrogens with zero attached hydrogens (tertiary/aromatic N) is 1. The molecule has 0 aromatic heterocycles. The lowest BCUT2D eigenvalue weighted by molar-refractivity contribution is -0.114. The second-order valence-electron chi connectivity index (χ2n) is 6.16. The standard InChI is InChI=1S/C22H20BrN3O2/c1-26(18-7-3-2-4-8-18)22(28)16-11-13-17(14-12-16)25-21(27)15-24-20-10-6-5-9-19(20)23/h2-14,24H,15H2,1H3,(H,25,27). The fourth-order valence-electron chi connectivity index (χ4n) is 2.64. The van der Waals surface area contributed by atoms with Gasteiger partial charge in [-0.1, -0.05) is 30.3 Å². The fourth-order valence-corrected chi connectivity index (χ4v) is 3.07. The van der Waals surface area contributed by atoms with Crippen molar-refractivity contribution in [2.45, 2.75) is 0 Å². The van der Waals surface area contributed by atoms with Crippen molar-refractivity contribution in [1.29, 1.82) is 0 Å². The Kier molecular flexibility index (Phi) is 6.45. The van der Waals surface area contributed by atoms with Gasteiger partial charge in [0.1, 0.15) is 0 Å². The van der Waals surface area contributed by atoms with Crippen molar-refractivity contribution >= 4 is 44.8 Å². The van der Waals surface area contributed by atoms with Gasteiger partial charge in [0.25, 0.3) is 5.91 Å². The first-order valence-corrected chi connectivity index (χ1v) is 9.55. The number of hydrogen-bond donors (Lipinski definition) is 2. The lowest BCUT2D eigenvalue weighted by Gasteiger charge is -2.17. The number of nitrogens with one attached hydrogen (secondary N) is 2. The summed E-state index contributed by atoms with van der Waals surface area (Å²) in [4.78, 5) is 26.3. The second kappa shape index (κ2) is 9.19. The van der Waals surface area contributed by atoms with Crippen LogP contribution in [0.1, 0.15) is 10.4 Å². The monoisotopic (exact) mass is 437 g/mol. The highest BCUT2D eigenvalue weighted by molar-refractivity contribution is 9.10. The maximum Gasteiger partial charge on any atom is 0.258 e. The number of rotatable bonds is 6. The fraction of sp³-hybridized carbons (Fsp3) is 0.0909. The molecule has 28 heavy (non-hydrogen) atoms. The maximum absolute atomic E-state index is 12.6. The Morgan fingerprint density at radius 3 is 2.21 bits per heavy atom. The highest BCUT2D eigenvalue weighted by Gasteiger charge is 2.13. The molecule has 0 bridgehead atoms. The molecule has 6 heteroatoms. The quantitative estimate of drug-likeness (QED) is 0.583. The molecule has 2 N–H and O–H groups in total. The Hall–Kier alpha value is -3.12. The van der Waals surface area contributed by atoms with Crippen LogP contribution in [-0.2, 0) is 4.79 Å². The number of benzene rings is 3. The van der Waals surface area contributed by atoms with Crippen LogP contribution in [0.3, 0.4) is 0 Å². The highest BCUT2D eigenvalue weighted by Crippen LogP contribution is 2.21. The number of hydrogen-bond acceptors (Lipinski definition) is 3. The molecule has 0 aliphatic rings. The van der Waals surface area contributed by atoms with Crippen LogP contribution in [0.25, 0.3) is 0 Å². The van der Waals surface area contributed by atoms with E-state index in [2.05, 4.69) is 26.6 Å². The van der Waals surface area contributed by atoms with Gasteiger partial charge >= 0.3 is 0 Å². The Balaban J connectivity index is 1.57. The van der Waals surface area contributed by atoms with E-state index in [-0.39, 0.29) is 18.4 Å². The van der Waals surface area contributed by atoms with Gasteiger partial charge in [-0.05, 0) is 64.5 Å². The Morgan fingerprint density at radius 1 is 0.893 bits per heavy atom. The molecule has 0 unspecified atom stereocenters. The van der Waals surface area contributed by atoms with Gasteiger partial charge in [-0.15, -0.1) is 0 Å². The van der Waals surface area contributed by atoms with Crippen LogP contribution in [0.15, 0.2) is 83.3 Å². The van der Waals surface area contributed by atoms with Gasteiger partial charge < -0.3 is 15.5 Å². The number of para-hydroxylation sites is 2. The second-order valence-corrected chi connectivity index (χ2v) is 7.01. The molecule has 3 rings (SSSR count). The minimum Gasteiger partial charge on any atom is -0.375 e. The van der Waals surface area contributed by atoms with Gasteiger partial charge in [0.05, 0.1) is 6.54 Å². The van der Waals surface area contributed by atoms with Crippen LogP contribution in [0, 0.1) is 0 Å². The van der Waals surface area contributed by atoms with Gasteiger partial charge in [-0.3, -0.25) is 9.59 Å². The van der Waals surface area contributed by atoms with E-state index in [1.54, 1.807) is 36.2 Å². The van der Waals surface area contributed by atoms with Crippen molar-refractivity contribution < 1.29 is 9.59 Å². The minimum atomic E-state index is -0.170. The normalized spacial score (nSPS) is 10.2. The summed E-state index contributed by atoms with van der Waals surface area (Å²) in [7, 11) is 1.74. The molecule has 0 heterocycles. The third-order valence-corrected chi connectivity index (χ3v) is 4.87. The predicted molar refractivity (Wildman–Crippen MR) is 117 cm³/mol. The molecule has 0 aliphatic heterocycles. The predicted octanol–water partition coefficient (Wildman–Crippen LogP) is 4.78. The SMILES string of the molecule is CN(C(=O)c1ccc(NC(=O)CNc2ccccc2Br)cc1)c1ccccc1. The number of anilines is 3. The molecule has 0 fully saturated rings. The Labute approximate surface area is 172 Å². The van der Waals surface area contributed by atoms with Crippen LogP contribution >= 0.6 is 15.9 Å². The van der Waals surface area contributed by atoms with Gasteiger partial charge in [0.2, 0.25) is 5.91 Å². The van der Waals surface area contributed by atoms with E-state index in [1.165, 1.54) is 0 Å². The first-order chi connectivity index (χ1) is 13.5. The molecule has 3 aromatic carbocycles. The smallest absolute Gasteiger partial charge is 0.258 e. The number of carbonyl (C=O) groups is 2. The first-order valence-electron chi connectivity index (χ1n) is 8.76. The van der Waals surface area contributed by atoms with Gasteiger partial charge in [-0.25, -0.2) is 0 Å². The molecule has 0 saturated heterocycles. The summed E-state index contributed by atoms with van der Waals surface area (Å²) >= 11 is 3.43. The highest BCUT2D eigenvalue weighted by atomic mass is 79.9. The van der Waals surface area contributed by atoms with Crippen LogP contribution in [-0.4, -0.2) is 25.4 Å². The molecule has 3 aromatic rings. The molecule has 2 amide bonds. The molecular weight excluding hydrogens is 418 g/mol. The van der Waals surface area contributed by atoms with E-state index < -0.39 is 0 Å². The zero-order chi connectivity index (χ0) is 19.9. The number of carbonyl (C=O) groups excluding carboxylic acids is 2. The van der Waals surface area contributed by atoms with E-state index in [0.29, 0.717) is 11.3 Å². The maximum atomic E-state index is 12.6.